The van der Waals surface area contributed by atoms with Crippen LogP contribution in [0.4, 0.5) is 0 Å². The van der Waals surface area contributed by atoms with Gasteiger partial charge in [0.2, 0.25) is 0 Å². The van der Waals surface area contributed by atoms with Gasteiger partial charge in [0.1, 0.15) is 23.9 Å². The van der Waals surface area contributed by atoms with Crippen LogP contribution in [0, 0.1) is 0 Å². The van der Waals surface area contributed by atoms with E-state index in [2.05, 4.69) is 12.1 Å². The summed E-state index contributed by atoms with van der Waals surface area (Å²) in [6.45, 7) is 0.408. The molecule has 0 bridgehead atoms. The van der Waals surface area contributed by atoms with Gasteiger partial charge in [0.05, 0.1) is 0 Å². The van der Waals surface area contributed by atoms with Crippen molar-refractivity contribution >= 4 is 11.1 Å². The zero-order chi connectivity index (χ0) is 16.5. The standard InChI is InChI=1S/C21H16O3/c22-16-8-6-14(7-9-16)19-13-24-20-12-17(23)10-11-18(20)21(19)15-4-2-1-3-5-15/h1-12,22-23H,13H2. The minimum Gasteiger partial charge on any atom is -0.508 e. The van der Waals surface area contributed by atoms with Crippen molar-refractivity contribution in [1.82, 2.24) is 0 Å². The summed E-state index contributed by atoms with van der Waals surface area (Å²) in [4.78, 5) is 0. The summed E-state index contributed by atoms with van der Waals surface area (Å²) in [5.41, 5.74) is 5.19. The minimum atomic E-state index is 0.189. The van der Waals surface area contributed by atoms with E-state index in [1.54, 1.807) is 24.3 Å². The van der Waals surface area contributed by atoms with Crippen molar-refractivity contribution in [3.63, 3.8) is 0 Å². The largest absolute Gasteiger partial charge is 0.508 e. The van der Waals surface area contributed by atoms with Gasteiger partial charge < -0.3 is 14.9 Å². The molecular weight excluding hydrogens is 300 g/mol. The van der Waals surface area contributed by atoms with Crippen LogP contribution >= 0.6 is 0 Å². The highest BCUT2D eigenvalue weighted by atomic mass is 16.5. The highest BCUT2D eigenvalue weighted by molar-refractivity contribution is 6.01. The number of benzene rings is 3. The minimum absolute atomic E-state index is 0.189. The molecular formula is C21H16O3. The van der Waals surface area contributed by atoms with Crippen molar-refractivity contribution in [3.05, 3.63) is 89.5 Å². The fourth-order valence-corrected chi connectivity index (χ4v) is 3.05. The highest BCUT2D eigenvalue weighted by Gasteiger charge is 2.23. The van der Waals surface area contributed by atoms with Crippen molar-refractivity contribution in [2.45, 2.75) is 0 Å². The molecule has 0 aromatic heterocycles. The maximum Gasteiger partial charge on any atom is 0.131 e. The molecule has 0 saturated carbocycles. The number of phenols is 2. The maximum absolute atomic E-state index is 9.73. The SMILES string of the molecule is Oc1ccc(C2=C(c3ccccc3)c3ccc(O)cc3OC2)cc1. The number of hydrogen-bond acceptors (Lipinski definition) is 3. The molecule has 0 unspecified atom stereocenters. The molecule has 1 aliphatic rings. The number of phenolic OH excluding ortho intramolecular Hbond substituents is 2. The van der Waals surface area contributed by atoms with E-state index in [0.29, 0.717) is 12.4 Å². The normalized spacial score (nSPS) is 13.3. The smallest absolute Gasteiger partial charge is 0.131 e. The molecule has 3 heteroatoms. The molecule has 0 atom stereocenters. The summed E-state index contributed by atoms with van der Waals surface area (Å²) < 4.78 is 5.87. The van der Waals surface area contributed by atoms with Crippen LogP contribution in [0.25, 0.3) is 11.1 Å². The van der Waals surface area contributed by atoms with E-state index in [4.69, 9.17) is 4.74 Å². The Morgan fingerprint density at radius 1 is 0.708 bits per heavy atom. The van der Waals surface area contributed by atoms with Crippen LogP contribution < -0.4 is 4.74 Å². The Hall–Kier alpha value is -3.20. The van der Waals surface area contributed by atoms with Gasteiger partial charge in [0, 0.05) is 17.2 Å². The first-order valence-corrected chi connectivity index (χ1v) is 7.76. The Balaban J connectivity index is 1.98. The van der Waals surface area contributed by atoms with Crippen molar-refractivity contribution < 1.29 is 14.9 Å². The van der Waals surface area contributed by atoms with Gasteiger partial charge in [-0.15, -0.1) is 0 Å². The number of fused-ring (bicyclic) bond motifs is 1. The summed E-state index contributed by atoms with van der Waals surface area (Å²) in [6.07, 6.45) is 0. The summed E-state index contributed by atoms with van der Waals surface area (Å²) >= 11 is 0. The molecule has 3 aromatic carbocycles. The molecule has 24 heavy (non-hydrogen) atoms. The summed E-state index contributed by atoms with van der Waals surface area (Å²) in [5, 5.41) is 19.3. The Labute approximate surface area is 140 Å². The maximum atomic E-state index is 9.73. The van der Waals surface area contributed by atoms with Gasteiger partial charge in [0.25, 0.3) is 0 Å². The van der Waals surface area contributed by atoms with Crippen molar-refractivity contribution in [1.29, 1.82) is 0 Å². The molecule has 1 heterocycles. The first-order chi connectivity index (χ1) is 11.7. The second-order valence-corrected chi connectivity index (χ2v) is 5.74. The highest BCUT2D eigenvalue weighted by Crippen LogP contribution is 2.42. The fourth-order valence-electron chi connectivity index (χ4n) is 3.05. The average Bonchev–Trinajstić information content (AvgIpc) is 2.62. The lowest BCUT2D eigenvalue weighted by molar-refractivity contribution is 0.361. The van der Waals surface area contributed by atoms with Crippen LogP contribution in [0.15, 0.2) is 72.8 Å². The summed E-state index contributed by atoms with van der Waals surface area (Å²) in [5.74, 6) is 1.10. The van der Waals surface area contributed by atoms with Gasteiger partial charge in [-0.05, 0) is 41.0 Å². The van der Waals surface area contributed by atoms with Gasteiger partial charge in [-0.25, -0.2) is 0 Å². The Bertz CT molecular complexity index is 910. The Morgan fingerprint density at radius 3 is 2.17 bits per heavy atom. The van der Waals surface area contributed by atoms with Gasteiger partial charge in [-0.3, -0.25) is 0 Å². The molecule has 118 valence electrons. The third-order valence-corrected chi connectivity index (χ3v) is 4.19. The molecule has 0 radical (unpaired) electrons. The first-order valence-electron chi connectivity index (χ1n) is 7.76. The van der Waals surface area contributed by atoms with E-state index in [0.717, 1.165) is 27.8 Å². The number of hydrogen-bond donors (Lipinski definition) is 2. The number of ether oxygens (including phenoxy) is 1. The van der Waals surface area contributed by atoms with E-state index in [-0.39, 0.29) is 11.5 Å². The molecule has 0 fully saturated rings. The Morgan fingerprint density at radius 2 is 1.42 bits per heavy atom. The zero-order valence-corrected chi connectivity index (χ0v) is 12.9. The van der Waals surface area contributed by atoms with Crippen LogP contribution in [-0.4, -0.2) is 16.8 Å². The van der Waals surface area contributed by atoms with Crippen LogP contribution in [0.5, 0.6) is 17.2 Å². The quantitative estimate of drug-likeness (QED) is 0.734. The topological polar surface area (TPSA) is 49.7 Å². The third-order valence-electron chi connectivity index (χ3n) is 4.19. The van der Waals surface area contributed by atoms with Crippen molar-refractivity contribution in [2.75, 3.05) is 6.61 Å². The van der Waals surface area contributed by atoms with Gasteiger partial charge in [-0.2, -0.15) is 0 Å². The number of aromatic hydroxyl groups is 2. The second kappa shape index (κ2) is 5.78. The predicted molar refractivity (Wildman–Crippen MR) is 94.1 cm³/mol. The van der Waals surface area contributed by atoms with Crippen molar-refractivity contribution in [2.24, 2.45) is 0 Å². The third kappa shape index (κ3) is 2.50. The fraction of sp³-hybridized carbons (Fsp3) is 0.0476. The molecule has 0 aliphatic carbocycles. The lowest BCUT2D eigenvalue weighted by Gasteiger charge is -2.25. The monoisotopic (exact) mass is 316 g/mol. The lowest BCUT2D eigenvalue weighted by atomic mass is 9.88. The molecule has 3 nitrogen and oxygen atoms in total. The van der Waals surface area contributed by atoms with Crippen molar-refractivity contribution in [3.8, 4) is 17.2 Å². The van der Waals surface area contributed by atoms with Gasteiger partial charge in [0.15, 0.2) is 0 Å². The summed E-state index contributed by atoms with van der Waals surface area (Å²) in [7, 11) is 0. The van der Waals surface area contributed by atoms with Crippen LogP contribution in [0.2, 0.25) is 0 Å². The molecule has 0 amide bonds. The van der Waals surface area contributed by atoms with Crippen LogP contribution in [-0.2, 0) is 0 Å². The first kappa shape index (κ1) is 14.4. The van der Waals surface area contributed by atoms with E-state index >= 15 is 0 Å². The van der Waals surface area contributed by atoms with Crippen LogP contribution in [0.3, 0.4) is 0 Å². The zero-order valence-electron chi connectivity index (χ0n) is 12.9. The molecule has 1 aliphatic heterocycles. The van der Waals surface area contributed by atoms with E-state index in [1.165, 1.54) is 0 Å². The molecule has 2 N–H and O–H groups in total. The van der Waals surface area contributed by atoms with E-state index in [9.17, 15) is 10.2 Å². The molecule has 4 rings (SSSR count). The predicted octanol–water partition coefficient (Wildman–Crippen LogP) is 4.45. The van der Waals surface area contributed by atoms with E-state index < -0.39 is 0 Å². The molecule has 0 saturated heterocycles. The molecule has 3 aromatic rings. The van der Waals surface area contributed by atoms with Gasteiger partial charge in [-0.1, -0.05) is 42.5 Å². The second-order valence-electron chi connectivity index (χ2n) is 5.74. The van der Waals surface area contributed by atoms with Gasteiger partial charge >= 0.3 is 0 Å². The molecule has 0 spiro atoms. The number of rotatable bonds is 2. The lowest BCUT2D eigenvalue weighted by Crippen LogP contribution is -2.11. The average molecular weight is 316 g/mol. The summed E-state index contributed by atoms with van der Waals surface area (Å²) in [6, 6.07) is 22.5. The van der Waals surface area contributed by atoms with E-state index in [1.807, 2.05) is 36.4 Å². The van der Waals surface area contributed by atoms with Crippen LogP contribution in [0.1, 0.15) is 16.7 Å². The Kier molecular flexibility index (Phi) is 3.47.